The van der Waals surface area contributed by atoms with Crippen LogP contribution in [-0.4, -0.2) is 48.1 Å². The van der Waals surface area contributed by atoms with Crippen molar-refractivity contribution in [3.63, 3.8) is 0 Å². The van der Waals surface area contributed by atoms with Gasteiger partial charge in [-0.05, 0) is 63.7 Å². The highest BCUT2D eigenvalue weighted by atomic mass is 32.2. The van der Waals surface area contributed by atoms with Crippen molar-refractivity contribution in [2.45, 2.75) is 58.5 Å². The molecule has 0 aromatic carbocycles. The van der Waals surface area contributed by atoms with Crippen LogP contribution >= 0.6 is 11.8 Å². The van der Waals surface area contributed by atoms with Crippen LogP contribution in [0.4, 0.5) is 0 Å². The number of nitrogens with one attached hydrogen (secondary N) is 1. The first-order chi connectivity index (χ1) is 8.27. The van der Waals surface area contributed by atoms with Crippen molar-refractivity contribution < 1.29 is 0 Å². The average Bonchev–Trinajstić information content (AvgIpc) is 2.37. The Morgan fingerprint density at radius 3 is 2.59 bits per heavy atom. The van der Waals surface area contributed by atoms with Crippen LogP contribution in [0.15, 0.2) is 0 Å². The smallest absolute Gasteiger partial charge is 0.00914 e. The predicted molar refractivity (Wildman–Crippen MR) is 80.0 cm³/mol. The van der Waals surface area contributed by atoms with Crippen LogP contribution in [0.1, 0.15) is 46.5 Å². The Morgan fingerprint density at radius 2 is 2.00 bits per heavy atom. The van der Waals surface area contributed by atoms with Crippen molar-refractivity contribution in [3.8, 4) is 0 Å². The zero-order valence-electron chi connectivity index (χ0n) is 11.9. The molecule has 1 rings (SSSR count). The molecule has 1 aliphatic heterocycles. The second-order valence-electron chi connectivity index (χ2n) is 5.10. The van der Waals surface area contributed by atoms with E-state index < -0.39 is 0 Å². The number of likely N-dealkylation sites (tertiary alicyclic amines) is 1. The van der Waals surface area contributed by atoms with Gasteiger partial charge in [-0.3, -0.25) is 0 Å². The highest BCUT2D eigenvalue weighted by Crippen LogP contribution is 2.16. The molecule has 1 N–H and O–H groups in total. The number of thioether (sulfide) groups is 1. The highest BCUT2D eigenvalue weighted by Gasteiger charge is 2.21. The van der Waals surface area contributed by atoms with Gasteiger partial charge in [-0.1, -0.05) is 13.8 Å². The number of hydrogen-bond acceptors (Lipinski definition) is 3. The van der Waals surface area contributed by atoms with Crippen molar-refractivity contribution >= 4 is 11.8 Å². The number of rotatable bonds is 8. The number of piperidine rings is 1. The first kappa shape index (κ1) is 15.3. The molecule has 0 aliphatic carbocycles. The molecule has 1 atom stereocenters. The summed E-state index contributed by atoms with van der Waals surface area (Å²) in [6, 6.07) is 1.56. The number of hydrogen-bond donors (Lipinski definition) is 1. The monoisotopic (exact) mass is 258 g/mol. The van der Waals surface area contributed by atoms with Crippen molar-refractivity contribution in [2.75, 3.05) is 31.1 Å². The summed E-state index contributed by atoms with van der Waals surface area (Å²) in [5, 5.41) is 3.65. The quantitative estimate of drug-likeness (QED) is 0.674. The van der Waals surface area contributed by atoms with Crippen LogP contribution in [0.5, 0.6) is 0 Å². The molecular formula is C14H30N2S. The zero-order valence-corrected chi connectivity index (χ0v) is 12.7. The lowest BCUT2D eigenvalue weighted by atomic mass is 10.0. The summed E-state index contributed by atoms with van der Waals surface area (Å²) < 4.78 is 0. The fourth-order valence-corrected chi connectivity index (χ4v) is 3.27. The second kappa shape index (κ2) is 9.23. The maximum Gasteiger partial charge on any atom is 0.00914 e. The minimum atomic E-state index is 0.779. The van der Waals surface area contributed by atoms with Gasteiger partial charge in [-0.15, -0.1) is 0 Å². The third kappa shape index (κ3) is 6.12. The van der Waals surface area contributed by atoms with E-state index in [0.717, 1.165) is 12.1 Å². The van der Waals surface area contributed by atoms with Crippen molar-refractivity contribution in [2.24, 2.45) is 0 Å². The van der Waals surface area contributed by atoms with Crippen LogP contribution in [0.3, 0.4) is 0 Å². The Kier molecular flexibility index (Phi) is 8.33. The van der Waals surface area contributed by atoms with Crippen LogP contribution < -0.4 is 5.32 Å². The minimum absolute atomic E-state index is 0.779. The van der Waals surface area contributed by atoms with Crippen LogP contribution in [0.25, 0.3) is 0 Å². The van der Waals surface area contributed by atoms with E-state index in [2.05, 4.69) is 42.7 Å². The van der Waals surface area contributed by atoms with Gasteiger partial charge in [0.2, 0.25) is 0 Å². The Labute approximate surface area is 112 Å². The van der Waals surface area contributed by atoms with Crippen molar-refractivity contribution in [1.82, 2.24) is 10.2 Å². The predicted octanol–water partition coefficient (Wildman–Crippen LogP) is 2.98. The van der Waals surface area contributed by atoms with Crippen LogP contribution in [0.2, 0.25) is 0 Å². The molecule has 0 bridgehead atoms. The lowest BCUT2D eigenvalue weighted by molar-refractivity contribution is 0.150. The topological polar surface area (TPSA) is 15.3 Å². The van der Waals surface area contributed by atoms with Gasteiger partial charge < -0.3 is 10.2 Å². The van der Waals surface area contributed by atoms with Gasteiger partial charge in [0.1, 0.15) is 0 Å². The Morgan fingerprint density at radius 1 is 1.29 bits per heavy atom. The lowest BCUT2D eigenvalue weighted by Crippen LogP contribution is -2.46. The van der Waals surface area contributed by atoms with Gasteiger partial charge >= 0.3 is 0 Å². The summed E-state index contributed by atoms with van der Waals surface area (Å²) in [5.74, 6) is 2.58. The van der Waals surface area contributed by atoms with Crippen molar-refractivity contribution in [1.29, 1.82) is 0 Å². The van der Waals surface area contributed by atoms with Gasteiger partial charge in [0.25, 0.3) is 0 Å². The van der Waals surface area contributed by atoms with E-state index in [1.54, 1.807) is 0 Å². The molecule has 1 saturated heterocycles. The summed E-state index contributed by atoms with van der Waals surface area (Å²) in [4.78, 5) is 2.68. The first-order valence-electron chi connectivity index (χ1n) is 7.33. The molecular weight excluding hydrogens is 228 g/mol. The summed E-state index contributed by atoms with van der Waals surface area (Å²) in [5.41, 5.74) is 0. The molecule has 17 heavy (non-hydrogen) atoms. The summed E-state index contributed by atoms with van der Waals surface area (Å²) in [6.07, 6.45) is 5.28. The van der Waals surface area contributed by atoms with Gasteiger partial charge in [0.05, 0.1) is 0 Å². The molecule has 3 heteroatoms. The molecule has 102 valence electrons. The highest BCUT2D eigenvalue weighted by molar-refractivity contribution is 7.99. The van der Waals surface area contributed by atoms with Gasteiger partial charge in [-0.2, -0.15) is 11.8 Å². The van der Waals surface area contributed by atoms with E-state index in [4.69, 9.17) is 0 Å². The fraction of sp³-hybridized carbons (Fsp3) is 1.00. The van der Waals surface area contributed by atoms with E-state index in [-0.39, 0.29) is 0 Å². The molecule has 0 aromatic rings. The zero-order chi connectivity index (χ0) is 12.5. The SMILES string of the molecule is CCCNC1CCN(C(C)CCSCC)CC1. The third-order valence-corrected chi connectivity index (χ3v) is 4.65. The summed E-state index contributed by atoms with van der Waals surface area (Å²) in [6.45, 7) is 10.7. The van der Waals surface area contributed by atoms with E-state index in [0.29, 0.717) is 0 Å². The minimum Gasteiger partial charge on any atom is -0.314 e. The lowest BCUT2D eigenvalue weighted by Gasteiger charge is -2.36. The Balaban J connectivity index is 2.12. The van der Waals surface area contributed by atoms with E-state index in [1.165, 1.54) is 56.8 Å². The molecule has 0 saturated carbocycles. The van der Waals surface area contributed by atoms with Crippen LogP contribution in [0, 0.1) is 0 Å². The molecule has 2 nitrogen and oxygen atoms in total. The molecule has 0 aromatic heterocycles. The molecule has 0 spiro atoms. The normalized spacial score (nSPS) is 20.6. The molecule has 0 amide bonds. The molecule has 0 radical (unpaired) electrons. The molecule has 1 unspecified atom stereocenters. The molecule has 1 aliphatic rings. The average molecular weight is 258 g/mol. The molecule has 1 fully saturated rings. The van der Waals surface area contributed by atoms with Crippen molar-refractivity contribution in [3.05, 3.63) is 0 Å². The summed E-state index contributed by atoms with van der Waals surface area (Å²) in [7, 11) is 0. The van der Waals surface area contributed by atoms with E-state index in [9.17, 15) is 0 Å². The summed E-state index contributed by atoms with van der Waals surface area (Å²) >= 11 is 2.07. The fourth-order valence-electron chi connectivity index (χ4n) is 2.47. The van der Waals surface area contributed by atoms with Gasteiger partial charge in [-0.25, -0.2) is 0 Å². The standard InChI is InChI=1S/C14H30N2S/c1-4-9-15-14-6-10-16(11-7-14)13(3)8-12-17-5-2/h13-15H,4-12H2,1-3H3. The van der Waals surface area contributed by atoms with E-state index >= 15 is 0 Å². The van der Waals surface area contributed by atoms with Crippen LogP contribution in [-0.2, 0) is 0 Å². The van der Waals surface area contributed by atoms with Gasteiger partial charge in [0, 0.05) is 12.1 Å². The largest absolute Gasteiger partial charge is 0.314 e. The maximum atomic E-state index is 3.65. The van der Waals surface area contributed by atoms with Gasteiger partial charge in [0.15, 0.2) is 0 Å². The molecule has 1 heterocycles. The first-order valence-corrected chi connectivity index (χ1v) is 8.48. The Hall–Kier alpha value is 0.270. The third-order valence-electron chi connectivity index (χ3n) is 3.72. The second-order valence-corrected chi connectivity index (χ2v) is 6.49. The Bertz CT molecular complexity index is 179. The maximum absolute atomic E-state index is 3.65. The number of nitrogens with zero attached hydrogens (tertiary/aromatic N) is 1. The van der Waals surface area contributed by atoms with E-state index in [1.807, 2.05) is 0 Å².